The first-order valence-corrected chi connectivity index (χ1v) is 5.05. The van der Waals surface area contributed by atoms with Gasteiger partial charge >= 0.3 is 0 Å². The summed E-state index contributed by atoms with van der Waals surface area (Å²) in [7, 11) is 0. The van der Waals surface area contributed by atoms with Gasteiger partial charge in [-0.3, -0.25) is 0 Å². The first-order chi connectivity index (χ1) is 5.70. The van der Waals surface area contributed by atoms with Gasteiger partial charge in [-0.15, -0.1) is 0 Å². The second kappa shape index (κ2) is 7.56. The predicted octanol–water partition coefficient (Wildman–Crippen LogP) is 2.19. The van der Waals surface area contributed by atoms with E-state index < -0.39 is 0 Å². The predicted molar refractivity (Wildman–Crippen MR) is 53.5 cm³/mol. The van der Waals surface area contributed by atoms with Crippen molar-refractivity contribution in [3.8, 4) is 0 Å². The zero-order chi connectivity index (χ0) is 9.40. The van der Waals surface area contributed by atoms with E-state index in [4.69, 9.17) is 4.74 Å². The quantitative estimate of drug-likeness (QED) is 0.637. The van der Waals surface area contributed by atoms with Crippen LogP contribution in [0.4, 0.5) is 0 Å². The Balaban J connectivity index is 3.48. The van der Waals surface area contributed by atoms with Gasteiger partial charge in [0.15, 0.2) is 0 Å². The minimum Gasteiger partial charge on any atom is -0.377 e. The van der Waals surface area contributed by atoms with Crippen LogP contribution in [0.3, 0.4) is 0 Å². The number of likely N-dealkylation sites (N-methyl/N-ethyl adjacent to an activating group) is 1. The van der Waals surface area contributed by atoms with Crippen LogP contribution in [-0.4, -0.2) is 25.3 Å². The van der Waals surface area contributed by atoms with E-state index in [1.165, 1.54) is 12.8 Å². The highest BCUT2D eigenvalue weighted by Crippen LogP contribution is 1.99. The molecular formula is C10H23NO. The van der Waals surface area contributed by atoms with Crippen molar-refractivity contribution in [2.45, 2.75) is 52.7 Å². The van der Waals surface area contributed by atoms with Crippen LogP contribution in [0.2, 0.25) is 0 Å². The van der Waals surface area contributed by atoms with E-state index in [9.17, 15) is 0 Å². The molecule has 0 amide bonds. The van der Waals surface area contributed by atoms with Crippen LogP contribution >= 0.6 is 0 Å². The van der Waals surface area contributed by atoms with Crippen LogP contribution in [0.5, 0.6) is 0 Å². The third kappa shape index (κ3) is 6.62. The van der Waals surface area contributed by atoms with Crippen molar-refractivity contribution in [2.24, 2.45) is 0 Å². The third-order valence-electron chi connectivity index (χ3n) is 1.76. The molecule has 0 spiro atoms. The molecule has 0 aliphatic heterocycles. The molecule has 1 atom stereocenters. The lowest BCUT2D eigenvalue weighted by atomic mass is 10.2. The molecule has 0 rings (SSSR count). The van der Waals surface area contributed by atoms with Crippen LogP contribution in [0.25, 0.3) is 0 Å². The van der Waals surface area contributed by atoms with Gasteiger partial charge in [0.2, 0.25) is 0 Å². The maximum absolute atomic E-state index is 5.55. The Morgan fingerprint density at radius 2 is 1.92 bits per heavy atom. The van der Waals surface area contributed by atoms with Crippen molar-refractivity contribution < 1.29 is 4.74 Å². The molecule has 0 aromatic rings. The van der Waals surface area contributed by atoms with Crippen LogP contribution < -0.4 is 5.32 Å². The van der Waals surface area contributed by atoms with Crippen LogP contribution in [0, 0.1) is 0 Å². The van der Waals surface area contributed by atoms with Crippen molar-refractivity contribution in [2.75, 3.05) is 13.2 Å². The first-order valence-electron chi connectivity index (χ1n) is 5.05. The van der Waals surface area contributed by atoms with Gasteiger partial charge in [0.05, 0.1) is 12.7 Å². The smallest absolute Gasteiger partial charge is 0.0623 e. The van der Waals surface area contributed by atoms with Gasteiger partial charge in [-0.05, 0) is 26.8 Å². The summed E-state index contributed by atoms with van der Waals surface area (Å²) in [6, 6.07) is 0.544. The molecule has 2 nitrogen and oxygen atoms in total. The molecule has 0 aromatic carbocycles. The van der Waals surface area contributed by atoms with E-state index in [-0.39, 0.29) is 0 Å². The molecule has 2 heteroatoms. The lowest BCUT2D eigenvalue weighted by molar-refractivity contribution is 0.0597. The molecule has 1 unspecified atom stereocenters. The highest BCUT2D eigenvalue weighted by molar-refractivity contribution is 4.64. The maximum atomic E-state index is 5.55. The number of ether oxygens (including phenoxy) is 1. The summed E-state index contributed by atoms with van der Waals surface area (Å²) in [5, 5.41) is 3.41. The van der Waals surface area contributed by atoms with Gasteiger partial charge in [-0.25, -0.2) is 0 Å². The van der Waals surface area contributed by atoms with Gasteiger partial charge in [0.25, 0.3) is 0 Å². The van der Waals surface area contributed by atoms with Crippen molar-refractivity contribution in [3.05, 3.63) is 0 Å². The number of nitrogens with one attached hydrogen (secondary N) is 1. The van der Waals surface area contributed by atoms with Gasteiger partial charge in [0.1, 0.15) is 0 Å². The Morgan fingerprint density at radius 1 is 1.25 bits per heavy atom. The summed E-state index contributed by atoms with van der Waals surface area (Å²) in [6.07, 6.45) is 2.78. The molecule has 0 fully saturated rings. The average Bonchev–Trinajstić information content (AvgIpc) is 2.01. The maximum Gasteiger partial charge on any atom is 0.0623 e. The molecule has 0 aromatic heterocycles. The largest absolute Gasteiger partial charge is 0.377 e. The van der Waals surface area contributed by atoms with Gasteiger partial charge < -0.3 is 10.1 Å². The first kappa shape index (κ1) is 11.9. The zero-order valence-corrected chi connectivity index (χ0v) is 8.89. The fraction of sp³-hybridized carbons (Fsp3) is 1.00. The fourth-order valence-corrected chi connectivity index (χ4v) is 1.19. The summed E-state index contributed by atoms with van der Waals surface area (Å²) in [5.74, 6) is 0. The number of hydrogen-bond acceptors (Lipinski definition) is 2. The second-order valence-electron chi connectivity index (χ2n) is 3.43. The highest BCUT2D eigenvalue weighted by atomic mass is 16.5. The lowest BCUT2D eigenvalue weighted by Gasteiger charge is -2.18. The molecule has 0 saturated carbocycles. The molecule has 0 aliphatic rings. The monoisotopic (exact) mass is 173 g/mol. The molecule has 12 heavy (non-hydrogen) atoms. The molecule has 74 valence electrons. The van der Waals surface area contributed by atoms with Crippen molar-refractivity contribution in [1.29, 1.82) is 0 Å². The van der Waals surface area contributed by atoms with Gasteiger partial charge in [0, 0.05) is 6.04 Å². The molecule has 0 bridgehead atoms. The SMILES string of the molecule is CCCC(COC(C)C)NCC. The summed E-state index contributed by atoms with van der Waals surface area (Å²) in [4.78, 5) is 0. The van der Waals surface area contributed by atoms with E-state index in [2.05, 4.69) is 33.0 Å². The summed E-state index contributed by atoms with van der Waals surface area (Å²) >= 11 is 0. The van der Waals surface area contributed by atoms with E-state index in [0.29, 0.717) is 12.1 Å². The molecule has 0 heterocycles. The summed E-state index contributed by atoms with van der Waals surface area (Å²) in [5.41, 5.74) is 0. The Labute approximate surface area is 76.7 Å². The van der Waals surface area contributed by atoms with Crippen molar-refractivity contribution in [3.63, 3.8) is 0 Å². The summed E-state index contributed by atoms with van der Waals surface area (Å²) < 4.78 is 5.55. The summed E-state index contributed by atoms with van der Waals surface area (Å²) in [6.45, 7) is 10.4. The van der Waals surface area contributed by atoms with Crippen molar-refractivity contribution >= 4 is 0 Å². The lowest BCUT2D eigenvalue weighted by Crippen LogP contribution is -2.34. The normalized spacial score (nSPS) is 13.8. The topological polar surface area (TPSA) is 21.3 Å². The minimum atomic E-state index is 0.350. The van der Waals surface area contributed by atoms with Crippen LogP contribution in [-0.2, 0) is 4.74 Å². The van der Waals surface area contributed by atoms with E-state index in [1.807, 2.05) is 0 Å². The Kier molecular flexibility index (Phi) is 7.51. The minimum absolute atomic E-state index is 0.350. The van der Waals surface area contributed by atoms with Crippen LogP contribution in [0.15, 0.2) is 0 Å². The highest BCUT2D eigenvalue weighted by Gasteiger charge is 2.06. The molecular weight excluding hydrogens is 150 g/mol. The standard InChI is InChI=1S/C10H23NO/c1-5-7-10(11-6-2)8-12-9(3)4/h9-11H,5-8H2,1-4H3. The van der Waals surface area contributed by atoms with Crippen molar-refractivity contribution in [1.82, 2.24) is 5.32 Å². The Hall–Kier alpha value is -0.0800. The molecule has 0 aliphatic carbocycles. The number of rotatable bonds is 7. The van der Waals surface area contributed by atoms with Crippen LogP contribution in [0.1, 0.15) is 40.5 Å². The van der Waals surface area contributed by atoms with E-state index in [0.717, 1.165) is 13.2 Å². The zero-order valence-electron chi connectivity index (χ0n) is 8.89. The van der Waals surface area contributed by atoms with Gasteiger partial charge in [-0.2, -0.15) is 0 Å². The Morgan fingerprint density at radius 3 is 2.33 bits per heavy atom. The second-order valence-corrected chi connectivity index (χ2v) is 3.43. The molecule has 0 radical (unpaired) electrons. The molecule has 0 saturated heterocycles. The van der Waals surface area contributed by atoms with Gasteiger partial charge in [-0.1, -0.05) is 20.3 Å². The Bertz CT molecular complexity index is 87.8. The van der Waals surface area contributed by atoms with E-state index >= 15 is 0 Å². The third-order valence-corrected chi connectivity index (χ3v) is 1.76. The molecule has 1 N–H and O–H groups in total. The number of hydrogen-bond donors (Lipinski definition) is 1. The van der Waals surface area contributed by atoms with E-state index in [1.54, 1.807) is 0 Å². The fourth-order valence-electron chi connectivity index (χ4n) is 1.19. The average molecular weight is 173 g/mol.